The van der Waals surface area contributed by atoms with Crippen LogP contribution in [0.25, 0.3) is 0 Å². The van der Waals surface area contributed by atoms with Gasteiger partial charge in [0.25, 0.3) is 0 Å². The minimum Gasteiger partial charge on any atom is -0.223 e. The zero-order chi connectivity index (χ0) is 13.5. The lowest BCUT2D eigenvalue weighted by atomic mass is 10.2. The topological polar surface area (TPSA) is 34.1 Å². The molecule has 1 aliphatic rings. The van der Waals surface area contributed by atoms with Gasteiger partial charge in [-0.05, 0) is 35.6 Å². The predicted octanol–water partition coefficient (Wildman–Crippen LogP) is 4.41. The van der Waals surface area contributed by atoms with Gasteiger partial charge in [-0.3, -0.25) is 0 Å². The van der Waals surface area contributed by atoms with Gasteiger partial charge >= 0.3 is 0 Å². The monoisotopic (exact) mass is 330 g/mol. The summed E-state index contributed by atoms with van der Waals surface area (Å²) < 4.78 is 24.5. The van der Waals surface area contributed by atoms with E-state index in [0.717, 1.165) is 15.5 Å². The molecule has 1 aliphatic heterocycles. The van der Waals surface area contributed by atoms with Crippen LogP contribution in [0.15, 0.2) is 44.8 Å². The van der Waals surface area contributed by atoms with Crippen LogP contribution in [-0.4, -0.2) is 14.2 Å². The second-order valence-electron chi connectivity index (χ2n) is 4.31. The number of thiophene rings is 1. The lowest BCUT2D eigenvalue weighted by Crippen LogP contribution is -2.16. The zero-order valence-electron chi connectivity index (χ0n) is 9.87. The van der Waals surface area contributed by atoms with Crippen LogP contribution in [0.4, 0.5) is 0 Å². The van der Waals surface area contributed by atoms with E-state index in [-0.39, 0.29) is 11.0 Å². The first-order chi connectivity index (χ1) is 9.08. The summed E-state index contributed by atoms with van der Waals surface area (Å²) in [5, 5.41) is 2.75. The quantitative estimate of drug-likeness (QED) is 0.817. The normalized spacial score (nSPS) is 21.0. The van der Waals surface area contributed by atoms with Gasteiger partial charge in [0.15, 0.2) is 9.84 Å². The van der Waals surface area contributed by atoms with Crippen LogP contribution in [0.3, 0.4) is 0 Å². The summed E-state index contributed by atoms with van der Waals surface area (Å²) in [6.45, 7) is 0. The molecule has 2 aromatic rings. The van der Waals surface area contributed by atoms with Crippen LogP contribution >= 0.6 is 34.7 Å². The maximum atomic E-state index is 12.0. The maximum Gasteiger partial charge on any atom is 0.188 e. The summed E-state index contributed by atoms with van der Waals surface area (Å²) in [5.41, 5.74) is 0.932. The van der Waals surface area contributed by atoms with Crippen LogP contribution < -0.4 is 0 Å². The second kappa shape index (κ2) is 5.13. The highest BCUT2D eigenvalue weighted by Gasteiger charge is 2.32. The summed E-state index contributed by atoms with van der Waals surface area (Å²) in [5.74, 6) is 0.225. The molecule has 0 spiro atoms. The van der Waals surface area contributed by atoms with E-state index in [1.165, 1.54) is 11.3 Å². The smallest absolute Gasteiger partial charge is 0.188 e. The molecule has 2 heterocycles. The largest absolute Gasteiger partial charge is 0.223 e. The van der Waals surface area contributed by atoms with Gasteiger partial charge in [-0.2, -0.15) is 0 Å². The van der Waals surface area contributed by atoms with Crippen molar-refractivity contribution in [2.24, 2.45) is 0 Å². The van der Waals surface area contributed by atoms with E-state index in [0.29, 0.717) is 10.6 Å². The molecule has 100 valence electrons. The lowest BCUT2D eigenvalue weighted by Gasteiger charge is -2.22. The molecule has 0 amide bonds. The fourth-order valence-corrected chi connectivity index (χ4v) is 6.88. The van der Waals surface area contributed by atoms with E-state index in [4.69, 9.17) is 11.6 Å². The van der Waals surface area contributed by atoms with Crippen molar-refractivity contribution in [2.45, 2.75) is 20.8 Å². The van der Waals surface area contributed by atoms with Crippen LogP contribution in [0, 0.1) is 0 Å². The number of hydrogen-bond donors (Lipinski definition) is 0. The highest BCUT2D eigenvalue weighted by atomic mass is 35.5. The number of sulfone groups is 1. The molecule has 0 saturated carbocycles. The highest BCUT2D eigenvalue weighted by molar-refractivity contribution is 8.00. The third-order valence-corrected chi connectivity index (χ3v) is 8.21. The average Bonchev–Trinajstić information content (AvgIpc) is 2.86. The van der Waals surface area contributed by atoms with Crippen molar-refractivity contribution in [3.8, 4) is 0 Å². The van der Waals surface area contributed by atoms with Gasteiger partial charge in [0.05, 0.1) is 10.8 Å². The van der Waals surface area contributed by atoms with Crippen molar-refractivity contribution in [1.29, 1.82) is 0 Å². The Bertz CT molecular complexity index is 706. The summed E-state index contributed by atoms with van der Waals surface area (Å²) >= 11 is 9.13. The van der Waals surface area contributed by atoms with Crippen molar-refractivity contribution < 1.29 is 8.42 Å². The van der Waals surface area contributed by atoms with E-state index in [1.807, 2.05) is 35.7 Å². The van der Waals surface area contributed by atoms with Crippen LogP contribution in [0.1, 0.15) is 17.2 Å². The average molecular weight is 331 g/mol. The fraction of sp³-hybridized carbons (Fsp3) is 0.231. The van der Waals surface area contributed by atoms with Gasteiger partial charge in [0, 0.05) is 10.1 Å². The third kappa shape index (κ3) is 2.57. The molecule has 3 rings (SSSR count). The Morgan fingerprint density at radius 2 is 2.05 bits per heavy atom. The van der Waals surface area contributed by atoms with Crippen molar-refractivity contribution >= 4 is 44.5 Å². The molecule has 0 fully saturated rings. The van der Waals surface area contributed by atoms with Crippen molar-refractivity contribution in [3.05, 3.63) is 46.3 Å². The molecular formula is C13H11ClO2S3. The summed E-state index contributed by atoms with van der Waals surface area (Å²) in [7, 11) is -3.06. The molecule has 0 unspecified atom stereocenters. The summed E-state index contributed by atoms with van der Waals surface area (Å²) in [6, 6.07) is 9.60. The molecule has 0 saturated heterocycles. The minimum atomic E-state index is -3.06. The van der Waals surface area contributed by atoms with Gasteiger partial charge in [-0.25, -0.2) is 8.42 Å². The summed E-state index contributed by atoms with van der Waals surface area (Å²) in [6.07, 6.45) is 0.641. The molecule has 0 aliphatic carbocycles. The van der Waals surface area contributed by atoms with E-state index in [1.54, 1.807) is 11.8 Å². The molecule has 6 heteroatoms. The molecular weight excluding hydrogens is 320 g/mol. The second-order valence-corrected chi connectivity index (χ2v) is 9.18. The van der Waals surface area contributed by atoms with Crippen molar-refractivity contribution in [1.82, 2.24) is 0 Å². The minimum absolute atomic E-state index is 0.171. The first kappa shape index (κ1) is 13.5. The Labute approximate surface area is 125 Å². The molecule has 1 aromatic heterocycles. The lowest BCUT2D eigenvalue weighted by molar-refractivity contribution is 0.588. The molecule has 2 nitrogen and oxygen atoms in total. The van der Waals surface area contributed by atoms with Crippen LogP contribution in [0.5, 0.6) is 0 Å². The van der Waals surface area contributed by atoms with Gasteiger partial charge in [0.2, 0.25) is 0 Å². The number of benzene rings is 1. The summed E-state index contributed by atoms with van der Waals surface area (Å²) in [4.78, 5) is 1.01. The Kier molecular flexibility index (Phi) is 3.64. The molecule has 19 heavy (non-hydrogen) atoms. The zero-order valence-corrected chi connectivity index (χ0v) is 13.1. The number of rotatable bonds is 2. The SMILES string of the molecule is O=S1(=O)CC[C@@H](Sc2ccccc2Cl)c2ccsc21. The maximum absolute atomic E-state index is 12.0. The van der Waals surface area contributed by atoms with Gasteiger partial charge in [0.1, 0.15) is 4.21 Å². The first-order valence-electron chi connectivity index (χ1n) is 5.79. The fourth-order valence-electron chi connectivity index (χ4n) is 2.12. The van der Waals surface area contributed by atoms with Crippen LogP contribution in [-0.2, 0) is 9.84 Å². The van der Waals surface area contributed by atoms with E-state index < -0.39 is 9.84 Å². The molecule has 1 atom stereocenters. The third-order valence-electron chi connectivity index (χ3n) is 3.04. The first-order valence-corrected chi connectivity index (χ1v) is 9.58. The highest BCUT2D eigenvalue weighted by Crippen LogP contribution is 2.47. The van der Waals surface area contributed by atoms with E-state index >= 15 is 0 Å². The molecule has 0 radical (unpaired) electrons. The number of hydrogen-bond acceptors (Lipinski definition) is 4. The number of halogens is 1. The van der Waals surface area contributed by atoms with E-state index in [9.17, 15) is 8.42 Å². The van der Waals surface area contributed by atoms with Gasteiger partial charge < -0.3 is 0 Å². The Morgan fingerprint density at radius 1 is 1.26 bits per heavy atom. The number of fused-ring (bicyclic) bond motifs is 1. The molecule has 0 N–H and O–H groups in total. The van der Waals surface area contributed by atoms with Crippen LogP contribution in [0.2, 0.25) is 5.02 Å². The van der Waals surface area contributed by atoms with E-state index in [2.05, 4.69) is 0 Å². The standard InChI is InChI=1S/C13H11ClO2S3/c14-10-3-1-2-4-12(10)18-11-6-8-19(15,16)13-9(11)5-7-17-13/h1-5,7,11H,6,8H2/t11-/m1/s1. The number of thioether (sulfide) groups is 1. The Hall–Kier alpha value is -0.490. The van der Waals surface area contributed by atoms with Gasteiger partial charge in [-0.15, -0.1) is 23.1 Å². The van der Waals surface area contributed by atoms with Crippen molar-refractivity contribution in [2.75, 3.05) is 5.75 Å². The molecule has 0 bridgehead atoms. The van der Waals surface area contributed by atoms with Crippen molar-refractivity contribution in [3.63, 3.8) is 0 Å². The molecule has 1 aromatic carbocycles. The predicted molar refractivity (Wildman–Crippen MR) is 81.0 cm³/mol. The van der Waals surface area contributed by atoms with Gasteiger partial charge in [-0.1, -0.05) is 23.7 Å². The Balaban J connectivity index is 1.95. The Morgan fingerprint density at radius 3 is 2.84 bits per heavy atom.